The lowest BCUT2D eigenvalue weighted by Gasteiger charge is -2.23. The fourth-order valence-corrected chi connectivity index (χ4v) is 4.47. The van der Waals surface area contributed by atoms with Crippen LogP contribution in [0.15, 0.2) is 65.8 Å². The molecule has 4 rings (SSSR count). The van der Waals surface area contributed by atoms with Gasteiger partial charge in [0.2, 0.25) is 5.91 Å². The maximum Gasteiger partial charge on any atom is 0.233 e. The van der Waals surface area contributed by atoms with E-state index in [-0.39, 0.29) is 5.91 Å². The Hall–Kier alpha value is -2.64. The van der Waals surface area contributed by atoms with Crippen molar-refractivity contribution in [2.24, 2.45) is 5.92 Å². The zero-order chi connectivity index (χ0) is 20.8. The maximum atomic E-state index is 12.9. The lowest BCUT2D eigenvalue weighted by Crippen LogP contribution is -2.36. The van der Waals surface area contributed by atoms with Crippen molar-refractivity contribution in [3.05, 3.63) is 60.7 Å². The third-order valence-corrected chi connectivity index (χ3v) is 6.16. The number of aromatic nitrogens is 3. The predicted molar refractivity (Wildman–Crippen MR) is 119 cm³/mol. The number of ether oxygens (including phenoxy) is 1. The zero-order valence-corrected chi connectivity index (χ0v) is 17.9. The summed E-state index contributed by atoms with van der Waals surface area (Å²) < 4.78 is 7.48. The summed E-state index contributed by atoms with van der Waals surface area (Å²) >= 11 is 1.43. The third kappa shape index (κ3) is 4.74. The van der Waals surface area contributed by atoms with Crippen molar-refractivity contribution in [3.63, 3.8) is 0 Å². The molecular formula is C23H26N4O2S. The van der Waals surface area contributed by atoms with Crippen LogP contribution < -0.4 is 0 Å². The van der Waals surface area contributed by atoms with E-state index in [0.717, 1.165) is 43.3 Å². The number of benzene rings is 2. The van der Waals surface area contributed by atoms with Crippen LogP contribution in [0.25, 0.3) is 17.1 Å². The van der Waals surface area contributed by atoms with Gasteiger partial charge in [0.15, 0.2) is 11.0 Å². The normalized spacial score (nSPS) is 16.0. The molecule has 2 heterocycles. The number of thioether (sulfide) groups is 1. The average molecular weight is 423 g/mol. The van der Waals surface area contributed by atoms with Gasteiger partial charge in [-0.2, -0.15) is 0 Å². The monoisotopic (exact) mass is 422 g/mol. The van der Waals surface area contributed by atoms with Crippen LogP contribution in [-0.4, -0.2) is 57.6 Å². The Balaban J connectivity index is 1.54. The molecule has 30 heavy (non-hydrogen) atoms. The van der Waals surface area contributed by atoms with Gasteiger partial charge in [-0.15, -0.1) is 10.2 Å². The molecule has 0 saturated carbocycles. The number of rotatable bonds is 8. The Labute approximate surface area is 181 Å². The molecule has 0 spiro atoms. The summed E-state index contributed by atoms with van der Waals surface area (Å²) in [4.78, 5) is 14.8. The fraction of sp³-hybridized carbons (Fsp3) is 0.348. The first-order valence-corrected chi connectivity index (χ1v) is 11.3. The lowest BCUT2D eigenvalue weighted by atomic mass is 10.1. The van der Waals surface area contributed by atoms with Crippen molar-refractivity contribution in [1.82, 2.24) is 19.7 Å². The van der Waals surface area contributed by atoms with Crippen LogP contribution in [0.3, 0.4) is 0 Å². The van der Waals surface area contributed by atoms with Gasteiger partial charge in [-0.05, 0) is 25.5 Å². The number of carbonyl (C=O) groups excluding carboxylic acids is 1. The highest BCUT2D eigenvalue weighted by Crippen LogP contribution is 2.28. The van der Waals surface area contributed by atoms with Gasteiger partial charge in [0, 0.05) is 36.9 Å². The van der Waals surface area contributed by atoms with Crippen LogP contribution >= 0.6 is 11.8 Å². The first-order chi connectivity index (χ1) is 14.8. The first kappa shape index (κ1) is 20.6. The summed E-state index contributed by atoms with van der Waals surface area (Å²) in [5, 5.41) is 9.57. The van der Waals surface area contributed by atoms with E-state index in [9.17, 15) is 4.79 Å². The van der Waals surface area contributed by atoms with Crippen molar-refractivity contribution in [2.45, 2.75) is 18.5 Å². The van der Waals surface area contributed by atoms with Gasteiger partial charge in [-0.25, -0.2) is 0 Å². The molecule has 0 bridgehead atoms. The van der Waals surface area contributed by atoms with Gasteiger partial charge >= 0.3 is 0 Å². The van der Waals surface area contributed by atoms with Crippen LogP contribution in [0.5, 0.6) is 0 Å². The largest absolute Gasteiger partial charge is 0.381 e. The Bertz CT molecular complexity index is 956. The molecule has 3 aromatic rings. The van der Waals surface area contributed by atoms with Crippen molar-refractivity contribution in [1.29, 1.82) is 0 Å². The van der Waals surface area contributed by atoms with E-state index in [1.807, 2.05) is 77.1 Å². The van der Waals surface area contributed by atoms with Gasteiger partial charge in [0.05, 0.1) is 12.4 Å². The highest BCUT2D eigenvalue weighted by molar-refractivity contribution is 7.99. The van der Waals surface area contributed by atoms with Crippen LogP contribution in [0.1, 0.15) is 13.3 Å². The Morgan fingerprint density at radius 3 is 2.53 bits per heavy atom. The average Bonchev–Trinajstić information content (AvgIpc) is 3.47. The minimum Gasteiger partial charge on any atom is -0.381 e. The van der Waals surface area contributed by atoms with Gasteiger partial charge in [-0.1, -0.05) is 60.3 Å². The molecule has 0 N–H and O–H groups in total. The third-order valence-electron chi connectivity index (χ3n) is 5.24. The number of hydrogen-bond acceptors (Lipinski definition) is 5. The van der Waals surface area contributed by atoms with E-state index < -0.39 is 0 Å². The Morgan fingerprint density at radius 1 is 1.13 bits per heavy atom. The van der Waals surface area contributed by atoms with Crippen LogP contribution in [0.4, 0.5) is 0 Å². The molecule has 0 aliphatic carbocycles. The summed E-state index contributed by atoms with van der Waals surface area (Å²) in [6.07, 6.45) is 1.03. The molecule has 0 radical (unpaired) electrons. The van der Waals surface area contributed by atoms with E-state index >= 15 is 0 Å². The smallest absolute Gasteiger partial charge is 0.233 e. The summed E-state index contributed by atoms with van der Waals surface area (Å²) in [5.74, 6) is 1.67. The van der Waals surface area contributed by atoms with Crippen molar-refractivity contribution < 1.29 is 9.53 Å². The number of nitrogens with zero attached hydrogens (tertiary/aromatic N) is 4. The molecule has 1 unspecified atom stereocenters. The highest BCUT2D eigenvalue weighted by Gasteiger charge is 2.23. The second kappa shape index (κ2) is 9.91. The zero-order valence-electron chi connectivity index (χ0n) is 17.1. The van der Waals surface area contributed by atoms with E-state index in [1.54, 1.807) is 0 Å². The summed E-state index contributed by atoms with van der Waals surface area (Å²) in [6.45, 7) is 5.04. The van der Waals surface area contributed by atoms with Gasteiger partial charge in [0.25, 0.3) is 0 Å². The Kier molecular flexibility index (Phi) is 6.81. The quantitative estimate of drug-likeness (QED) is 0.515. The summed E-state index contributed by atoms with van der Waals surface area (Å²) in [7, 11) is 0. The van der Waals surface area contributed by atoms with Crippen LogP contribution in [0.2, 0.25) is 0 Å². The number of para-hydroxylation sites is 1. The van der Waals surface area contributed by atoms with Crippen molar-refractivity contribution in [2.75, 3.05) is 32.1 Å². The van der Waals surface area contributed by atoms with Gasteiger partial charge < -0.3 is 9.64 Å². The molecular weight excluding hydrogens is 396 g/mol. The molecule has 1 atom stereocenters. The molecule has 6 nitrogen and oxygen atoms in total. The van der Waals surface area contributed by atoms with Crippen LogP contribution in [-0.2, 0) is 9.53 Å². The first-order valence-electron chi connectivity index (χ1n) is 10.3. The topological polar surface area (TPSA) is 60.2 Å². The SMILES string of the molecule is CCN(CC1CCOC1)C(=O)CSc1nnc(-c2ccccc2)n1-c1ccccc1. The molecule has 1 aliphatic heterocycles. The van der Waals surface area contributed by atoms with E-state index in [1.165, 1.54) is 11.8 Å². The molecule has 1 fully saturated rings. The van der Waals surface area contributed by atoms with Crippen molar-refractivity contribution >= 4 is 17.7 Å². The molecule has 7 heteroatoms. The minimum atomic E-state index is 0.123. The number of amides is 1. The Morgan fingerprint density at radius 2 is 1.87 bits per heavy atom. The second-order valence-corrected chi connectivity index (χ2v) is 8.24. The molecule has 2 aromatic carbocycles. The molecule has 1 saturated heterocycles. The molecule has 156 valence electrons. The molecule has 1 aromatic heterocycles. The van der Waals surface area contributed by atoms with E-state index in [2.05, 4.69) is 10.2 Å². The molecule has 1 aliphatic rings. The van der Waals surface area contributed by atoms with E-state index in [0.29, 0.717) is 23.4 Å². The standard InChI is InChI=1S/C23H26N4O2S/c1-2-26(15-18-13-14-29-16-18)21(28)17-30-23-25-24-22(19-9-5-3-6-10-19)27(23)20-11-7-4-8-12-20/h3-12,18H,2,13-17H2,1H3. The minimum absolute atomic E-state index is 0.123. The molecule has 1 amide bonds. The number of carbonyl (C=O) groups is 1. The predicted octanol–water partition coefficient (Wildman–Crippen LogP) is 3.91. The summed E-state index contributed by atoms with van der Waals surface area (Å²) in [5.41, 5.74) is 1.97. The lowest BCUT2D eigenvalue weighted by molar-refractivity contribution is -0.128. The van der Waals surface area contributed by atoms with E-state index in [4.69, 9.17) is 4.74 Å². The maximum absolute atomic E-state index is 12.9. The summed E-state index contributed by atoms with van der Waals surface area (Å²) in [6, 6.07) is 20.0. The van der Waals surface area contributed by atoms with Crippen molar-refractivity contribution in [3.8, 4) is 17.1 Å². The number of hydrogen-bond donors (Lipinski definition) is 0. The fourth-order valence-electron chi connectivity index (χ4n) is 3.61. The van der Waals surface area contributed by atoms with Gasteiger partial charge in [0.1, 0.15) is 0 Å². The highest BCUT2D eigenvalue weighted by atomic mass is 32.2. The van der Waals surface area contributed by atoms with Gasteiger partial charge in [-0.3, -0.25) is 9.36 Å². The second-order valence-electron chi connectivity index (χ2n) is 7.29. The van der Waals surface area contributed by atoms with Crippen LogP contribution in [0, 0.1) is 5.92 Å².